The molecule has 1 aliphatic rings. The number of aromatic carboxylic acids is 1. The van der Waals surface area contributed by atoms with Crippen LogP contribution in [0.15, 0.2) is 16.6 Å². The molecule has 0 atom stereocenters. The van der Waals surface area contributed by atoms with Gasteiger partial charge in [0.2, 0.25) is 0 Å². The SMILES string of the molecule is COc1cc(Br)cc(C(=O)O)c1OC1CC1. The lowest BCUT2D eigenvalue weighted by molar-refractivity contribution is 0.0691. The molecular formula is C11H11BrO4. The van der Waals surface area contributed by atoms with Gasteiger partial charge in [-0.05, 0) is 25.0 Å². The standard InChI is InChI=1S/C11H11BrO4/c1-15-9-5-6(12)4-8(11(13)14)10(9)16-7-2-3-7/h4-5,7H,2-3H2,1H3,(H,13,14). The lowest BCUT2D eigenvalue weighted by Gasteiger charge is -2.13. The van der Waals surface area contributed by atoms with E-state index in [4.69, 9.17) is 14.6 Å². The first-order valence-electron chi connectivity index (χ1n) is 4.89. The Kier molecular flexibility index (Phi) is 3.05. The highest BCUT2D eigenvalue weighted by atomic mass is 79.9. The Bertz CT molecular complexity index is 426. The summed E-state index contributed by atoms with van der Waals surface area (Å²) in [6, 6.07) is 3.22. The molecule has 0 aliphatic heterocycles. The summed E-state index contributed by atoms with van der Waals surface area (Å²) < 4.78 is 11.4. The largest absolute Gasteiger partial charge is 0.493 e. The Morgan fingerprint density at radius 2 is 2.19 bits per heavy atom. The Morgan fingerprint density at radius 1 is 1.50 bits per heavy atom. The fourth-order valence-corrected chi connectivity index (χ4v) is 1.79. The van der Waals surface area contributed by atoms with Gasteiger partial charge in [0.1, 0.15) is 5.56 Å². The summed E-state index contributed by atoms with van der Waals surface area (Å²) in [6.45, 7) is 0. The first-order valence-corrected chi connectivity index (χ1v) is 5.68. The molecule has 0 amide bonds. The Balaban J connectivity index is 2.45. The van der Waals surface area contributed by atoms with Gasteiger partial charge in [0, 0.05) is 4.47 Å². The van der Waals surface area contributed by atoms with E-state index in [1.54, 1.807) is 6.07 Å². The number of carbonyl (C=O) groups is 1. The van der Waals surface area contributed by atoms with Crippen LogP contribution in [0.4, 0.5) is 0 Å². The molecule has 4 nitrogen and oxygen atoms in total. The molecule has 0 heterocycles. The van der Waals surface area contributed by atoms with Crippen molar-refractivity contribution in [1.82, 2.24) is 0 Å². The molecule has 1 fully saturated rings. The van der Waals surface area contributed by atoms with E-state index in [0.29, 0.717) is 16.0 Å². The molecule has 5 heteroatoms. The number of halogens is 1. The molecule has 0 spiro atoms. The molecule has 1 saturated carbocycles. The van der Waals surface area contributed by atoms with Gasteiger partial charge >= 0.3 is 5.97 Å². The van der Waals surface area contributed by atoms with Gasteiger partial charge in [-0.1, -0.05) is 15.9 Å². The lowest BCUT2D eigenvalue weighted by atomic mass is 10.2. The molecule has 1 aromatic carbocycles. The van der Waals surface area contributed by atoms with Crippen molar-refractivity contribution in [2.45, 2.75) is 18.9 Å². The van der Waals surface area contributed by atoms with Crippen molar-refractivity contribution >= 4 is 21.9 Å². The highest BCUT2D eigenvalue weighted by Gasteiger charge is 2.28. The summed E-state index contributed by atoms with van der Waals surface area (Å²) >= 11 is 3.24. The van der Waals surface area contributed by atoms with Crippen molar-refractivity contribution in [3.8, 4) is 11.5 Å². The van der Waals surface area contributed by atoms with Crippen molar-refractivity contribution < 1.29 is 19.4 Å². The summed E-state index contributed by atoms with van der Waals surface area (Å²) in [5.74, 6) is -0.255. The normalized spacial score (nSPS) is 14.6. The maximum absolute atomic E-state index is 11.1. The summed E-state index contributed by atoms with van der Waals surface area (Å²) in [4.78, 5) is 11.1. The third-order valence-corrected chi connectivity index (χ3v) is 2.74. The molecular weight excluding hydrogens is 276 g/mol. The average molecular weight is 287 g/mol. The van der Waals surface area contributed by atoms with Crippen LogP contribution in [0.1, 0.15) is 23.2 Å². The van der Waals surface area contributed by atoms with Crippen LogP contribution in [0.25, 0.3) is 0 Å². The van der Waals surface area contributed by atoms with E-state index in [-0.39, 0.29) is 11.7 Å². The number of ether oxygens (including phenoxy) is 2. The smallest absolute Gasteiger partial charge is 0.339 e. The number of methoxy groups -OCH3 is 1. The first-order chi connectivity index (χ1) is 7.61. The van der Waals surface area contributed by atoms with E-state index < -0.39 is 5.97 Å². The number of rotatable bonds is 4. The minimum Gasteiger partial charge on any atom is -0.493 e. The third-order valence-electron chi connectivity index (χ3n) is 2.28. The van der Waals surface area contributed by atoms with Gasteiger partial charge in [0.15, 0.2) is 11.5 Å². The zero-order valence-electron chi connectivity index (χ0n) is 8.70. The Hall–Kier alpha value is -1.23. The van der Waals surface area contributed by atoms with Crippen LogP contribution < -0.4 is 9.47 Å². The molecule has 16 heavy (non-hydrogen) atoms. The fourth-order valence-electron chi connectivity index (χ4n) is 1.35. The quantitative estimate of drug-likeness (QED) is 0.925. The molecule has 0 aromatic heterocycles. The van der Waals surface area contributed by atoms with Gasteiger partial charge in [-0.25, -0.2) is 4.79 Å². The molecule has 1 aliphatic carbocycles. The monoisotopic (exact) mass is 286 g/mol. The summed E-state index contributed by atoms with van der Waals surface area (Å²) in [5, 5.41) is 9.09. The van der Waals surface area contributed by atoms with Gasteiger partial charge in [0.25, 0.3) is 0 Å². The maximum Gasteiger partial charge on any atom is 0.339 e. The average Bonchev–Trinajstić information content (AvgIpc) is 3.03. The minimum atomic E-state index is -1.02. The number of hydrogen-bond donors (Lipinski definition) is 1. The molecule has 0 saturated heterocycles. The van der Waals surface area contributed by atoms with Gasteiger partial charge in [0.05, 0.1) is 13.2 Å². The molecule has 0 radical (unpaired) electrons. The van der Waals surface area contributed by atoms with E-state index >= 15 is 0 Å². The van der Waals surface area contributed by atoms with Gasteiger partial charge in [-0.3, -0.25) is 0 Å². The van der Waals surface area contributed by atoms with Gasteiger partial charge < -0.3 is 14.6 Å². The molecule has 0 unspecified atom stereocenters. The first kappa shape index (κ1) is 11.3. The van der Waals surface area contributed by atoms with Crippen molar-refractivity contribution in [3.05, 3.63) is 22.2 Å². The minimum absolute atomic E-state index is 0.123. The van der Waals surface area contributed by atoms with Crippen molar-refractivity contribution in [3.63, 3.8) is 0 Å². The molecule has 86 valence electrons. The van der Waals surface area contributed by atoms with Crippen molar-refractivity contribution in [1.29, 1.82) is 0 Å². The van der Waals surface area contributed by atoms with E-state index in [1.807, 2.05) is 0 Å². The zero-order valence-corrected chi connectivity index (χ0v) is 10.3. The molecule has 1 aromatic rings. The predicted octanol–water partition coefficient (Wildman–Crippen LogP) is 2.70. The van der Waals surface area contributed by atoms with E-state index in [0.717, 1.165) is 12.8 Å². The van der Waals surface area contributed by atoms with Crippen LogP contribution in [-0.2, 0) is 0 Å². The van der Waals surface area contributed by atoms with Crippen LogP contribution in [0.2, 0.25) is 0 Å². The van der Waals surface area contributed by atoms with Crippen LogP contribution in [0, 0.1) is 0 Å². The zero-order chi connectivity index (χ0) is 11.7. The van der Waals surface area contributed by atoms with Crippen LogP contribution in [-0.4, -0.2) is 24.3 Å². The number of benzene rings is 1. The van der Waals surface area contributed by atoms with E-state index in [9.17, 15) is 4.79 Å². The summed E-state index contributed by atoms with van der Waals surface area (Å²) in [7, 11) is 1.49. The topological polar surface area (TPSA) is 55.8 Å². The maximum atomic E-state index is 11.1. The molecule has 1 N–H and O–H groups in total. The fraction of sp³-hybridized carbons (Fsp3) is 0.364. The van der Waals surface area contributed by atoms with E-state index in [2.05, 4.69) is 15.9 Å². The Labute approximate surface area is 101 Å². The van der Waals surface area contributed by atoms with Crippen LogP contribution >= 0.6 is 15.9 Å². The summed E-state index contributed by atoms with van der Waals surface area (Å²) in [5.41, 5.74) is 0.123. The lowest BCUT2D eigenvalue weighted by Crippen LogP contribution is -2.06. The van der Waals surface area contributed by atoms with Gasteiger partial charge in [-0.15, -0.1) is 0 Å². The second-order valence-corrected chi connectivity index (χ2v) is 4.52. The second-order valence-electron chi connectivity index (χ2n) is 3.61. The van der Waals surface area contributed by atoms with Crippen molar-refractivity contribution in [2.24, 2.45) is 0 Å². The van der Waals surface area contributed by atoms with E-state index in [1.165, 1.54) is 13.2 Å². The highest BCUT2D eigenvalue weighted by molar-refractivity contribution is 9.10. The summed E-state index contributed by atoms with van der Waals surface area (Å²) in [6.07, 6.45) is 2.07. The Morgan fingerprint density at radius 3 is 2.69 bits per heavy atom. The van der Waals surface area contributed by atoms with Crippen LogP contribution in [0.3, 0.4) is 0 Å². The van der Waals surface area contributed by atoms with Crippen molar-refractivity contribution in [2.75, 3.05) is 7.11 Å². The number of carboxylic acids is 1. The molecule has 0 bridgehead atoms. The molecule has 2 rings (SSSR count). The number of hydrogen-bond acceptors (Lipinski definition) is 3. The number of carboxylic acid groups (broad SMARTS) is 1. The van der Waals surface area contributed by atoms with Crippen LogP contribution in [0.5, 0.6) is 11.5 Å². The van der Waals surface area contributed by atoms with Gasteiger partial charge in [-0.2, -0.15) is 0 Å². The second kappa shape index (κ2) is 4.33. The predicted molar refractivity (Wildman–Crippen MR) is 61.3 cm³/mol. The third kappa shape index (κ3) is 2.29. The highest BCUT2D eigenvalue weighted by Crippen LogP contribution is 2.38.